The van der Waals surface area contributed by atoms with Crippen LogP contribution in [-0.4, -0.2) is 15.3 Å². The van der Waals surface area contributed by atoms with Crippen molar-refractivity contribution in [2.24, 2.45) is 0 Å². The smallest absolute Gasteiger partial charge is 0.120 e. The number of pyridine rings is 1. The predicted molar refractivity (Wildman–Crippen MR) is 71.7 cm³/mol. The summed E-state index contributed by atoms with van der Waals surface area (Å²) in [6.45, 7) is 1.97. The molecule has 0 unspecified atom stereocenters. The van der Waals surface area contributed by atoms with Crippen LogP contribution in [0.25, 0.3) is 5.52 Å². The van der Waals surface area contributed by atoms with Gasteiger partial charge in [-0.2, -0.15) is 0 Å². The Bertz CT molecular complexity index is 623. The summed E-state index contributed by atoms with van der Waals surface area (Å²) in [6.07, 6.45) is 4.87. The van der Waals surface area contributed by atoms with E-state index in [1.165, 1.54) is 12.2 Å². The third-order valence-electron chi connectivity index (χ3n) is 2.52. The average Bonchev–Trinajstić information content (AvgIpc) is 2.61. The molecule has 0 spiro atoms. The molecule has 2 aromatic rings. The highest BCUT2D eigenvalue weighted by Gasteiger charge is 2.08. The van der Waals surface area contributed by atoms with Crippen molar-refractivity contribution in [1.29, 1.82) is 10.8 Å². The van der Waals surface area contributed by atoms with Gasteiger partial charge in [-0.05, 0) is 42.8 Å². The number of allylic oxidation sites excluding steroid dienone is 2. The molecule has 3 nitrogen and oxygen atoms in total. The Kier molecular flexibility index (Phi) is 3.11. The monoisotopic (exact) mass is 245 g/mol. The Labute approximate surface area is 104 Å². The molecule has 2 aromatic heterocycles. The van der Waals surface area contributed by atoms with Crippen LogP contribution in [-0.2, 0) is 0 Å². The minimum Gasteiger partial charge on any atom is -0.315 e. The molecule has 0 bridgehead atoms. The van der Waals surface area contributed by atoms with Gasteiger partial charge in [0.25, 0.3) is 0 Å². The minimum atomic E-state index is -0.0757. The molecule has 86 valence electrons. The lowest BCUT2D eigenvalue weighted by Gasteiger charge is -2.02. The second-order valence-electron chi connectivity index (χ2n) is 3.77. The number of aryl methyl sites for hydroxylation is 1. The Morgan fingerprint density at radius 3 is 2.76 bits per heavy atom. The topological polar surface area (TPSA) is 52.1 Å². The third kappa shape index (κ3) is 2.29. The number of nitrogens with zero attached hydrogens (tertiary/aromatic N) is 1. The lowest BCUT2D eigenvalue weighted by atomic mass is 10.2. The Hall–Kier alpha value is -1.87. The maximum Gasteiger partial charge on any atom is 0.120 e. The van der Waals surface area contributed by atoms with E-state index >= 15 is 0 Å². The molecular weight excluding hydrogens is 234 g/mol. The summed E-state index contributed by atoms with van der Waals surface area (Å²) in [6, 6.07) is 7.92. The van der Waals surface area contributed by atoms with E-state index in [-0.39, 0.29) is 5.17 Å². The van der Waals surface area contributed by atoms with E-state index in [1.54, 1.807) is 0 Å². The van der Waals surface area contributed by atoms with Gasteiger partial charge in [0.15, 0.2) is 0 Å². The van der Waals surface area contributed by atoms with Crippen LogP contribution in [0.15, 0.2) is 42.6 Å². The SMILES string of the molecule is Cc1cc2ccccn2c1C(=N)/C=C\C(=N)Cl. The molecular formula is C13H12ClN3. The first-order valence-electron chi connectivity index (χ1n) is 5.17. The van der Waals surface area contributed by atoms with Gasteiger partial charge in [-0.3, -0.25) is 10.8 Å². The van der Waals surface area contributed by atoms with Gasteiger partial charge >= 0.3 is 0 Å². The molecule has 0 fully saturated rings. The Balaban J connectivity index is 2.51. The van der Waals surface area contributed by atoms with E-state index in [0.717, 1.165) is 16.8 Å². The molecule has 0 saturated heterocycles. The van der Waals surface area contributed by atoms with E-state index in [1.807, 2.05) is 41.8 Å². The highest BCUT2D eigenvalue weighted by atomic mass is 35.5. The van der Waals surface area contributed by atoms with Crippen LogP contribution in [0.5, 0.6) is 0 Å². The maximum atomic E-state index is 8.00. The Morgan fingerprint density at radius 1 is 1.29 bits per heavy atom. The van der Waals surface area contributed by atoms with Gasteiger partial charge in [-0.25, -0.2) is 0 Å². The summed E-state index contributed by atoms with van der Waals surface area (Å²) in [5.74, 6) is 0. The average molecular weight is 246 g/mol. The fraction of sp³-hybridized carbons (Fsp3) is 0.0769. The molecule has 0 atom stereocenters. The van der Waals surface area contributed by atoms with Crippen molar-refractivity contribution in [1.82, 2.24) is 4.40 Å². The van der Waals surface area contributed by atoms with Crippen LogP contribution in [0.3, 0.4) is 0 Å². The standard InChI is InChI=1S/C13H12ClN3/c1-9-8-10-4-2-3-7-17(10)13(9)11(15)5-6-12(14)16/h2-8,15-16H,1H3/b6-5-,15-11?,16-12?. The molecule has 17 heavy (non-hydrogen) atoms. The van der Waals surface area contributed by atoms with Crippen LogP contribution < -0.4 is 0 Å². The molecule has 0 aliphatic heterocycles. The largest absolute Gasteiger partial charge is 0.315 e. The van der Waals surface area contributed by atoms with E-state index in [2.05, 4.69) is 0 Å². The fourth-order valence-corrected chi connectivity index (χ4v) is 1.90. The lowest BCUT2D eigenvalue weighted by Crippen LogP contribution is -2.02. The van der Waals surface area contributed by atoms with E-state index in [9.17, 15) is 0 Å². The quantitative estimate of drug-likeness (QED) is 0.779. The summed E-state index contributed by atoms with van der Waals surface area (Å²) in [7, 11) is 0. The van der Waals surface area contributed by atoms with Crippen molar-refractivity contribution < 1.29 is 0 Å². The van der Waals surface area contributed by atoms with Crippen molar-refractivity contribution in [2.75, 3.05) is 0 Å². The van der Waals surface area contributed by atoms with E-state index < -0.39 is 0 Å². The third-order valence-corrected chi connectivity index (χ3v) is 2.65. The summed E-state index contributed by atoms with van der Waals surface area (Å²) in [5.41, 5.74) is 3.26. The van der Waals surface area contributed by atoms with Crippen LogP contribution in [0.2, 0.25) is 0 Å². The molecule has 0 amide bonds. The second kappa shape index (κ2) is 4.55. The molecule has 2 N–H and O–H groups in total. The fourth-order valence-electron chi connectivity index (χ4n) is 1.84. The number of aromatic nitrogens is 1. The zero-order valence-corrected chi connectivity index (χ0v) is 10.1. The first kappa shape index (κ1) is 11.6. The summed E-state index contributed by atoms with van der Waals surface area (Å²) in [5, 5.41) is 15.0. The number of hydrogen-bond acceptors (Lipinski definition) is 2. The summed E-state index contributed by atoms with van der Waals surface area (Å²) < 4.78 is 1.96. The van der Waals surface area contributed by atoms with Gasteiger partial charge in [0.05, 0.1) is 11.4 Å². The lowest BCUT2D eigenvalue weighted by molar-refractivity contribution is 1.16. The zero-order valence-electron chi connectivity index (χ0n) is 9.37. The van der Waals surface area contributed by atoms with Gasteiger partial charge in [-0.1, -0.05) is 17.7 Å². The molecule has 2 rings (SSSR count). The number of fused-ring (bicyclic) bond motifs is 1. The first-order chi connectivity index (χ1) is 8.09. The summed E-state index contributed by atoms with van der Waals surface area (Å²) in [4.78, 5) is 0. The number of rotatable bonds is 3. The van der Waals surface area contributed by atoms with Crippen LogP contribution in [0.4, 0.5) is 0 Å². The zero-order chi connectivity index (χ0) is 12.4. The van der Waals surface area contributed by atoms with Crippen LogP contribution in [0, 0.1) is 17.7 Å². The summed E-state index contributed by atoms with van der Waals surface area (Å²) >= 11 is 5.43. The van der Waals surface area contributed by atoms with Gasteiger partial charge in [0, 0.05) is 11.7 Å². The number of nitrogens with one attached hydrogen (secondary N) is 2. The maximum absolute atomic E-state index is 8.00. The highest BCUT2D eigenvalue weighted by molar-refractivity contribution is 6.67. The van der Waals surface area contributed by atoms with Crippen LogP contribution in [0.1, 0.15) is 11.3 Å². The molecule has 0 aromatic carbocycles. The minimum absolute atomic E-state index is 0.0757. The van der Waals surface area contributed by atoms with E-state index in [4.69, 9.17) is 22.4 Å². The second-order valence-corrected chi connectivity index (χ2v) is 4.17. The highest BCUT2D eigenvalue weighted by Crippen LogP contribution is 2.16. The Morgan fingerprint density at radius 2 is 2.06 bits per heavy atom. The normalized spacial score (nSPS) is 11.2. The van der Waals surface area contributed by atoms with Crippen molar-refractivity contribution >= 4 is 28.0 Å². The van der Waals surface area contributed by atoms with Crippen molar-refractivity contribution in [3.05, 3.63) is 53.9 Å². The van der Waals surface area contributed by atoms with Gasteiger partial charge < -0.3 is 4.40 Å². The molecule has 2 heterocycles. The van der Waals surface area contributed by atoms with Gasteiger partial charge in [0.2, 0.25) is 0 Å². The molecule has 0 aliphatic carbocycles. The van der Waals surface area contributed by atoms with Gasteiger partial charge in [-0.15, -0.1) is 0 Å². The molecule has 4 heteroatoms. The van der Waals surface area contributed by atoms with E-state index in [0.29, 0.717) is 5.71 Å². The number of halogens is 1. The van der Waals surface area contributed by atoms with Crippen molar-refractivity contribution in [3.63, 3.8) is 0 Å². The first-order valence-corrected chi connectivity index (χ1v) is 5.55. The predicted octanol–water partition coefficient (Wildman–Crippen LogP) is 3.39. The molecule has 0 aliphatic rings. The molecule has 0 radical (unpaired) electrons. The van der Waals surface area contributed by atoms with Gasteiger partial charge in [0.1, 0.15) is 5.17 Å². The van der Waals surface area contributed by atoms with Crippen LogP contribution >= 0.6 is 11.6 Å². The molecule has 0 saturated carbocycles. The van der Waals surface area contributed by atoms with Crippen molar-refractivity contribution in [2.45, 2.75) is 6.92 Å². The van der Waals surface area contributed by atoms with Crippen molar-refractivity contribution in [3.8, 4) is 0 Å². The number of hydrogen-bond donors (Lipinski definition) is 2.